The summed E-state index contributed by atoms with van der Waals surface area (Å²) >= 11 is 0. The van der Waals surface area contributed by atoms with Crippen LogP contribution >= 0.6 is 0 Å². The van der Waals surface area contributed by atoms with Crippen LogP contribution in [0.3, 0.4) is 0 Å². The monoisotopic (exact) mass is 88.1 g/mol. The Hall–Kier alpha value is -0.0800. The molecule has 0 aliphatic carbocycles. The molecular weight excluding hydrogens is 76.1 g/mol. The van der Waals surface area contributed by atoms with Gasteiger partial charge in [0, 0.05) is 27.6 Å². The summed E-state index contributed by atoms with van der Waals surface area (Å²) in [5, 5.41) is 6.44. The molecule has 0 amide bonds. The molecule has 1 saturated heterocycles. The molecule has 6 heavy (non-hydrogen) atoms. The van der Waals surface area contributed by atoms with E-state index < -0.39 is 0 Å². The van der Waals surface area contributed by atoms with Crippen molar-refractivity contribution in [2.24, 2.45) is 0 Å². The standard InChI is InChI=1S/C4H10N2.H2/c1-2-6-4-3-5-1;/h5-6H,1-4H2;1H. The summed E-state index contributed by atoms with van der Waals surface area (Å²) in [4.78, 5) is 0. The summed E-state index contributed by atoms with van der Waals surface area (Å²) in [6.45, 7) is 4.56. The summed E-state index contributed by atoms with van der Waals surface area (Å²) in [5.41, 5.74) is 0. The van der Waals surface area contributed by atoms with Crippen LogP contribution in [0.25, 0.3) is 0 Å². The van der Waals surface area contributed by atoms with Crippen molar-refractivity contribution in [3.63, 3.8) is 0 Å². The highest BCUT2D eigenvalue weighted by molar-refractivity contribution is 4.59. The number of nitrogens with one attached hydrogen (secondary N) is 2. The van der Waals surface area contributed by atoms with Gasteiger partial charge in [-0.1, -0.05) is 0 Å². The van der Waals surface area contributed by atoms with Gasteiger partial charge in [0.25, 0.3) is 0 Å². The van der Waals surface area contributed by atoms with Crippen molar-refractivity contribution in [3.05, 3.63) is 0 Å². The molecule has 1 rings (SSSR count). The highest BCUT2D eigenvalue weighted by Gasteiger charge is 1.91. The van der Waals surface area contributed by atoms with Crippen LogP contribution in [0, 0.1) is 0 Å². The maximum Gasteiger partial charge on any atom is 0.00772 e. The van der Waals surface area contributed by atoms with Crippen LogP contribution < -0.4 is 10.6 Å². The SMILES string of the molecule is C1CNCCN1.[HH]. The summed E-state index contributed by atoms with van der Waals surface area (Å²) in [6, 6.07) is 0. The van der Waals surface area contributed by atoms with Gasteiger partial charge in [0.2, 0.25) is 0 Å². The van der Waals surface area contributed by atoms with Crippen LogP contribution in [0.15, 0.2) is 0 Å². The van der Waals surface area contributed by atoms with E-state index >= 15 is 0 Å². The molecule has 38 valence electrons. The van der Waals surface area contributed by atoms with E-state index in [0.717, 1.165) is 26.2 Å². The molecule has 1 aliphatic heterocycles. The number of rotatable bonds is 0. The van der Waals surface area contributed by atoms with Gasteiger partial charge in [0.1, 0.15) is 0 Å². The molecule has 0 unspecified atom stereocenters. The van der Waals surface area contributed by atoms with Crippen molar-refractivity contribution in [2.75, 3.05) is 26.2 Å². The zero-order valence-corrected chi connectivity index (χ0v) is 3.83. The van der Waals surface area contributed by atoms with Crippen molar-refractivity contribution < 1.29 is 1.43 Å². The molecule has 1 aliphatic rings. The average molecular weight is 88.2 g/mol. The molecule has 1 heterocycles. The van der Waals surface area contributed by atoms with E-state index in [-0.39, 0.29) is 1.43 Å². The molecule has 2 N–H and O–H groups in total. The van der Waals surface area contributed by atoms with Crippen molar-refractivity contribution in [2.45, 2.75) is 0 Å². The summed E-state index contributed by atoms with van der Waals surface area (Å²) < 4.78 is 0. The molecule has 0 aromatic carbocycles. The fourth-order valence-corrected chi connectivity index (χ4v) is 0.604. The van der Waals surface area contributed by atoms with Crippen LogP contribution in [0.4, 0.5) is 0 Å². The summed E-state index contributed by atoms with van der Waals surface area (Å²) in [7, 11) is 0. The summed E-state index contributed by atoms with van der Waals surface area (Å²) in [6.07, 6.45) is 0. The van der Waals surface area contributed by atoms with E-state index in [1.165, 1.54) is 0 Å². The lowest BCUT2D eigenvalue weighted by Gasteiger charge is -2.11. The number of piperazine rings is 1. The Morgan fingerprint density at radius 2 is 1.17 bits per heavy atom. The fraction of sp³-hybridized carbons (Fsp3) is 1.00. The van der Waals surface area contributed by atoms with Crippen LogP contribution in [-0.4, -0.2) is 26.2 Å². The van der Waals surface area contributed by atoms with Gasteiger partial charge in [-0.2, -0.15) is 0 Å². The zero-order valence-electron chi connectivity index (χ0n) is 3.83. The third-order valence-electron chi connectivity index (χ3n) is 0.957. The first kappa shape index (κ1) is 4.09. The van der Waals surface area contributed by atoms with E-state index in [2.05, 4.69) is 10.6 Å². The highest BCUT2D eigenvalue weighted by Crippen LogP contribution is 1.65. The molecule has 0 radical (unpaired) electrons. The number of hydrogen-bond donors (Lipinski definition) is 2. The lowest BCUT2D eigenvalue weighted by Crippen LogP contribution is -2.39. The molecule has 0 bridgehead atoms. The van der Waals surface area contributed by atoms with Gasteiger partial charge in [-0.15, -0.1) is 0 Å². The van der Waals surface area contributed by atoms with Gasteiger partial charge in [0.05, 0.1) is 0 Å². The first-order valence-corrected chi connectivity index (χ1v) is 2.41. The first-order valence-electron chi connectivity index (χ1n) is 2.41. The quantitative estimate of drug-likeness (QED) is 0.414. The maximum absolute atomic E-state index is 3.22. The second-order valence-electron chi connectivity index (χ2n) is 1.50. The average Bonchev–Trinajstić information content (AvgIpc) is 1.72. The molecule has 0 aromatic rings. The van der Waals surface area contributed by atoms with Crippen LogP contribution in [0.1, 0.15) is 1.43 Å². The fourth-order valence-electron chi connectivity index (χ4n) is 0.604. The first-order chi connectivity index (χ1) is 3.00. The summed E-state index contributed by atoms with van der Waals surface area (Å²) in [5.74, 6) is 0. The predicted octanol–water partition coefficient (Wildman–Crippen LogP) is -0.575. The van der Waals surface area contributed by atoms with E-state index in [4.69, 9.17) is 0 Å². The minimum absolute atomic E-state index is 0. The molecule has 0 spiro atoms. The smallest absolute Gasteiger partial charge is 0.00772 e. The minimum atomic E-state index is 0. The van der Waals surface area contributed by atoms with Crippen LogP contribution in [-0.2, 0) is 0 Å². The molecule has 2 heteroatoms. The Bertz CT molecular complexity index is 25.2. The highest BCUT2D eigenvalue weighted by atomic mass is 15.0. The Morgan fingerprint density at radius 3 is 1.33 bits per heavy atom. The molecular formula is C4H12N2. The minimum Gasteiger partial charge on any atom is -0.314 e. The molecule has 1 fully saturated rings. The van der Waals surface area contributed by atoms with Crippen molar-refractivity contribution in [3.8, 4) is 0 Å². The second kappa shape index (κ2) is 2.16. The van der Waals surface area contributed by atoms with Crippen molar-refractivity contribution >= 4 is 0 Å². The Morgan fingerprint density at radius 1 is 0.833 bits per heavy atom. The van der Waals surface area contributed by atoms with E-state index in [1.54, 1.807) is 0 Å². The Labute approximate surface area is 39.4 Å². The molecule has 2 nitrogen and oxygen atoms in total. The third kappa shape index (κ3) is 0.954. The maximum atomic E-state index is 3.22. The number of hydrogen-bond acceptors (Lipinski definition) is 2. The van der Waals surface area contributed by atoms with E-state index in [0.29, 0.717) is 0 Å². The van der Waals surface area contributed by atoms with Gasteiger partial charge in [-0.25, -0.2) is 0 Å². The Balaban J connectivity index is 0.000000360. The van der Waals surface area contributed by atoms with Gasteiger partial charge >= 0.3 is 0 Å². The molecule has 0 saturated carbocycles. The van der Waals surface area contributed by atoms with Gasteiger partial charge < -0.3 is 10.6 Å². The normalized spacial score (nSPS) is 24.0. The Kier molecular flexibility index (Phi) is 1.47. The largest absolute Gasteiger partial charge is 0.314 e. The second-order valence-corrected chi connectivity index (χ2v) is 1.50. The van der Waals surface area contributed by atoms with Gasteiger partial charge in [0.15, 0.2) is 0 Å². The lowest BCUT2D eigenvalue weighted by molar-refractivity contribution is 0.534. The topological polar surface area (TPSA) is 24.1 Å². The zero-order chi connectivity index (χ0) is 4.24. The third-order valence-corrected chi connectivity index (χ3v) is 0.957. The van der Waals surface area contributed by atoms with Gasteiger partial charge in [-0.05, 0) is 0 Å². The van der Waals surface area contributed by atoms with Crippen LogP contribution in [0.5, 0.6) is 0 Å². The lowest BCUT2D eigenvalue weighted by atomic mass is 10.4. The van der Waals surface area contributed by atoms with Crippen molar-refractivity contribution in [1.82, 2.24) is 10.6 Å². The van der Waals surface area contributed by atoms with Gasteiger partial charge in [-0.3, -0.25) is 0 Å². The van der Waals surface area contributed by atoms with Crippen molar-refractivity contribution in [1.29, 1.82) is 0 Å². The molecule has 0 atom stereocenters. The molecule has 0 aromatic heterocycles. The van der Waals surface area contributed by atoms with E-state index in [1.807, 2.05) is 0 Å². The van der Waals surface area contributed by atoms with E-state index in [9.17, 15) is 0 Å². The predicted molar refractivity (Wildman–Crippen MR) is 27.9 cm³/mol. The van der Waals surface area contributed by atoms with Crippen LogP contribution in [0.2, 0.25) is 0 Å².